The van der Waals surface area contributed by atoms with Crippen LogP contribution in [0.4, 0.5) is 17.1 Å². The number of nitrogens with zero attached hydrogens (tertiary/aromatic N) is 3. The van der Waals surface area contributed by atoms with Gasteiger partial charge in [0, 0.05) is 30.2 Å². The van der Waals surface area contributed by atoms with E-state index >= 15 is 0 Å². The predicted molar refractivity (Wildman–Crippen MR) is 103 cm³/mol. The van der Waals surface area contributed by atoms with E-state index in [-0.39, 0.29) is 22.0 Å². The summed E-state index contributed by atoms with van der Waals surface area (Å²) in [5.41, 5.74) is 1.90. The molecule has 0 unspecified atom stereocenters. The van der Waals surface area contributed by atoms with Gasteiger partial charge in [-0.05, 0) is 36.6 Å². The molecule has 0 aromatic heterocycles. The molecule has 1 aliphatic heterocycles. The Morgan fingerprint density at radius 3 is 2.85 bits per heavy atom. The van der Waals surface area contributed by atoms with Crippen LogP contribution in [0.1, 0.15) is 12.0 Å². The second kappa shape index (κ2) is 7.89. The number of amides is 1. The molecule has 1 amide bonds. The number of nitro benzene ring substituents is 1. The zero-order chi connectivity index (χ0) is 19.4. The molecule has 0 saturated carbocycles. The molecule has 7 nitrogen and oxygen atoms in total. The number of carbonyl (C=O) groups excluding carboxylic acids is 1. The van der Waals surface area contributed by atoms with E-state index < -0.39 is 10.8 Å². The van der Waals surface area contributed by atoms with E-state index in [1.165, 1.54) is 18.3 Å². The number of benzene rings is 2. The van der Waals surface area contributed by atoms with Crippen molar-refractivity contribution in [3.63, 3.8) is 0 Å². The third-order valence-electron chi connectivity index (χ3n) is 4.20. The average Bonchev–Trinajstić information content (AvgIpc) is 2.67. The summed E-state index contributed by atoms with van der Waals surface area (Å²) in [5, 5.41) is 22.9. The maximum atomic E-state index is 12.5. The number of nitriles is 1. The molecule has 0 bridgehead atoms. The molecule has 3 rings (SSSR count). The summed E-state index contributed by atoms with van der Waals surface area (Å²) in [6.07, 6.45) is 3.37. The van der Waals surface area contributed by atoms with E-state index in [0.29, 0.717) is 6.54 Å². The van der Waals surface area contributed by atoms with Crippen LogP contribution >= 0.6 is 11.6 Å². The first kappa shape index (κ1) is 18.4. The Balaban J connectivity index is 1.84. The van der Waals surface area contributed by atoms with Gasteiger partial charge >= 0.3 is 0 Å². The lowest BCUT2D eigenvalue weighted by Crippen LogP contribution is -2.26. The van der Waals surface area contributed by atoms with Crippen molar-refractivity contribution in [2.24, 2.45) is 0 Å². The highest BCUT2D eigenvalue weighted by molar-refractivity contribution is 6.32. The maximum Gasteiger partial charge on any atom is 0.289 e. The highest BCUT2D eigenvalue weighted by Gasteiger charge is 2.19. The largest absolute Gasteiger partial charge is 0.346 e. The summed E-state index contributed by atoms with van der Waals surface area (Å²) in [7, 11) is 0. The number of hydrogen-bond donors (Lipinski definition) is 1. The first-order valence-corrected chi connectivity index (χ1v) is 8.59. The first-order chi connectivity index (χ1) is 13.0. The summed E-state index contributed by atoms with van der Waals surface area (Å²) in [6, 6.07) is 13.7. The summed E-state index contributed by atoms with van der Waals surface area (Å²) >= 11 is 5.77. The number of hydrogen-bond acceptors (Lipinski definition) is 5. The number of fused-ring (bicyclic) bond motifs is 1. The standard InChI is InChI=1S/C19H15ClN4O3/c20-16-8-7-15(10-18(16)24(26)27)22-19(25)14(11-21)12-23-9-3-5-13-4-1-2-6-17(13)23/h1-2,4,6-8,10,12H,3,5,9H2,(H,22,25)/b14-12-. The number of anilines is 2. The molecule has 0 saturated heterocycles. The van der Waals surface area contributed by atoms with E-state index in [1.807, 2.05) is 35.2 Å². The fourth-order valence-corrected chi connectivity index (χ4v) is 3.11. The summed E-state index contributed by atoms with van der Waals surface area (Å²) in [4.78, 5) is 24.7. The minimum Gasteiger partial charge on any atom is -0.346 e. The van der Waals surface area contributed by atoms with Gasteiger partial charge in [0.1, 0.15) is 16.7 Å². The molecule has 0 atom stereocenters. The minimum absolute atomic E-state index is 0.0287. The monoisotopic (exact) mass is 382 g/mol. The minimum atomic E-state index is -0.642. The molecule has 136 valence electrons. The van der Waals surface area contributed by atoms with E-state index in [9.17, 15) is 20.2 Å². The van der Waals surface area contributed by atoms with Crippen LogP contribution in [0.2, 0.25) is 5.02 Å². The van der Waals surface area contributed by atoms with Crippen LogP contribution in [0, 0.1) is 21.4 Å². The SMILES string of the molecule is N#C/C(=C/N1CCCc2ccccc21)C(=O)Nc1ccc(Cl)c([N+](=O)[O-])c1. The highest BCUT2D eigenvalue weighted by Crippen LogP contribution is 2.29. The Morgan fingerprint density at radius 2 is 2.11 bits per heavy atom. The Labute approximate surface area is 160 Å². The molecule has 2 aromatic carbocycles. The molecule has 1 heterocycles. The van der Waals surface area contributed by atoms with Crippen molar-refractivity contribution >= 4 is 34.6 Å². The number of nitro groups is 1. The van der Waals surface area contributed by atoms with Crippen LogP contribution in [0.25, 0.3) is 0 Å². The molecule has 1 aliphatic rings. The highest BCUT2D eigenvalue weighted by atomic mass is 35.5. The Hall–Kier alpha value is -3.37. The smallest absolute Gasteiger partial charge is 0.289 e. The van der Waals surface area contributed by atoms with E-state index in [0.717, 1.165) is 30.2 Å². The molecule has 0 aliphatic carbocycles. The molecule has 0 fully saturated rings. The molecule has 27 heavy (non-hydrogen) atoms. The fraction of sp³-hybridized carbons (Fsp3) is 0.158. The lowest BCUT2D eigenvalue weighted by molar-refractivity contribution is -0.384. The normalized spacial score (nSPS) is 13.5. The van der Waals surface area contributed by atoms with Crippen LogP contribution in [-0.4, -0.2) is 17.4 Å². The van der Waals surface area contributed by atoms with Crippen LogP contribution in [0.3, 0.4) is 0 Å². The van der Waals surface area contributed by atoms with E-state index in [4.69, 9.17) is 11.6 Å². The molecule has 2 aromatic rings. The van der Waals surface area contributed by atoms with Gasteiger partial charge in [0.2, 0.25) is 0 Å². The average molecular weight is 383 g/mol. The van der Waals surface area contributed by atoms with Crippen LogP contribution in [0.15, 0.2) is 54.2 Å². The first-order valence-electron chi connectivity index (χ1n) is 8.21. The van der Waals surface area contributed by atoms with Gasteiger partial charge < -0.3 is 10.2 Å². The van der Waals surface area contributed by atoms with Crippen molar-refractivity contribution < 1.29 is 9.72 Å². The summed E-state index contributed by atoms with van der Waals surface area (Å²) in [6.45, 7) is 0.696. The molecular weight excluding hydrogens is 368 g/mol. The number of para-hydroxylation sites is 1. The molecular formula is C19H15ClN4O3. The fourth-order valence-electron chi connectivity index (χ4n) is 2.92. The number of carbonyl (C=O) groups is 1. The number of aryl methyl sites for hydroxylation is 1. The molecule has 0 radical (unpaired) electrons. The summed E-state index contributed by atoms with van der Waals surface area (Å²) in [5.74, 6) is -0.642. The second-order valence-corrected chi connectivity index (χ2v) is 6.36. The molecule has 0 spiro atoms. The zero-order valence-corrected chi connectivity index (χ0v) is 14.9. The Bertz CT molecular complexity index is 981. The number of nitrogens with one attached hydrogen (secondary N) is 1. The maximum absolute atomic E-state index is 12.5. The van der Waals surface area contributed by atoms with Crippen LogP contribution < -0.4 is 10.2 Å². The van der Waals surface area contributed by atoms with Crippen LogP contribution in [-0.2, 0) is 11.2 Å². The van der Waals surface area contributed by atoms with E-state index in [2.05, 4.69) is 5.32 Å². The molecule has 8 heteroatoms. The van der Waals surface area contributed by atoms with Gasteiger partial charge in [0.05, 0.1) is 4.92 Å². The van der Waals surface area contributed by atoms with Crippen molar-refractivity contribution in [1.82, 2.24) is 0 Å². The van der Waals surface area contributed by atoms with Crippen molar-refractivity contribution in [3.8, 4) is 6.07 Å². The van der Waals surface area contributed by atoms with Gasteiger partial charge in [0.25, 0.3) is 11.6 Å². The Kier molecular flexibility index (Phi) is 5.38. The third kappa shape index (κ3) is 4.07. The van der Waals surface area contributed by atoms with Crippen LogP contribution in [0.5, 0.6) is 0 Å². The third-order valence-corrected chi connectivity index (χ3v) is 4.52. The lowest BCUT2D eigenvalue weighted by atomic mass is 10.0. The van der Waals surface area contributed by atoms with Gasteiger partial charge in [-0.25, -0.2) is 0 Å². The Morgan fingerprint density at radius 1 is 1.33 bits per heavy atom. The van der Waals surface area contributed by atoms with Gasteiger partial charge in [0.15, 0.2) is 0 Å². The number of halogens is 1. The van der Waals surface area contributed by atoms with Gasteiger partial charge in [-0.2, -0.15) is 5.26 Å². The van der Waals surface area contributed by atoms with Crippen molar-refractivity contribution in [3.05, 3.63) is 74.9 Å². The second-order valence-electron chi connectivity index (χ2n) is 5.96. The number of rotatable bonds is 4. The quantitative estimate of drug-likeness (QED) is 0.372. The van der Waals surface area contributed by atoms with Crippen molar-refractivity contribution in [2.45, 2.75) is 12.8 Å². The van der Waals surface area contributed by atoms with Crippen molar-refractivity contribution in [1.29, 1.82) is 5.26 Å². The topological polar surface area (TPSA) is 99.3 Å². The van der Waals surface area contributed by atoms with Gasteiger partial charge in [-0.15, -0.1) is 0 Å². The van der Waals surface area contributed by atoms with Crippen molar-refractivity contribution in [2.75, 3.05) is 16.8 Å². The van der Waals surface area contributed by atoms with Gasteiger partial charge in [-0.1, -0.05) is 29.8 Å². The molecule has 1 N–H and O–H groups in total. The lowest BCUT2D eigenvalue weighted by Gasteiger charge is -2.28. The summed E-state index contributed by atoms with van der Waals surface area (Å²) < 4.78 is 0. The zero-order valence-electron chi connectivity index (χ0n) is 14.2. The predicted octanol–water partition coefficient (Wildman–Crippen LogP) is 4.05. The van der Waals surface area contributed by atoms with Gasteiger partial charge in [-0.3, -0.25) is 14.9 Å². The van der Waals surface area contributed by atoms with E-state index in [1.54, 1.807) is 0 Å².